The molecule has 0 saturated heterocycles. The Morgan fingerprint density at radius 1 is 1.08 bits per heavy atom. The second kappa shape index (κ2) is 7.08. The molecule has 0 radical (unpaired) electrons. The molecule has 5 heteroatoms. The summed E-state index contributed by atoms with van der Waals surface area (Å²) in [5.74, 6) is -0.263. The summed E-state index contributed by atoms with van der Waals surface area (Å²) in [7, 11) is 1.95. The summed E-state index contributed by atoms with van der Waals surface area (Å²) < 4.78 is 13.4. The highest BCUT2D eigenvalue weighted by atomic mass is 19.1. The van der Waals surface area contributed by atoms with E-state index in [2.05, 4.69) is 22.8 Å². The molecule has 1 heterocycles. The first-order chi connectivity index (χ1) is 12.7. The molecule has 1 aliphatic carbocycles. The van der Waals surface area contributed by atoms with E-state index in [0.717, 1.165) is 30.4 Å². The fourth-order valence-electron chi connectivity index (χ4n) is 4.02. The van der Waals surface area contributed by atoms with Gasteiger partial charge in [0, 0.05) is 18.6 Å². The van der Waals surface area contributed by atoms with Crippen LogP contribution in [0.4, 0.5) is 9.18 Å². The van der Waals surface area contributed by atoms with E-state index >= 15 is 0 Å². The van der Waals surface area contributed by atoms with Gasteiger partial charge in [0.1, 0.15) is 5.82 Å². The molecular weight excluding hydrogens is 329 g/mol. The van der Waals surface area contributed by atoms with Gasteiger partial charge in [0.2, 0.25) is 0 Å². The monoisotopic (exact) mass is 353 g/mol. The first-order valence-electron chi connectivity index (χ1n) is 9.23. The average molecular weight is 353 g/mol. The maximum Gasteiger partial charge on any atom is 0.318 e. The predicted octanol–water partition coefficient (Wildman–Crippen LogP) is 3.23. The van der Waals surface area contributed by atoms with Gasteiger partial charge in [-0.1, -0.05) is 36.4 Å². The molecule has 0 bridgehead atoms. The van der Waals surface area contributed by atoms with Gasteiger partial charge in [-0.2, -0.15) is 0 Å². The van der Waals surface area contributed by atoms with Crippen molar-refractivity contribution in [3.05, 3.63) is 71.0 Å². The van der Waals surface area contributed by atoms with Crippen LogP contribution in [-0.2, 0) is 6.42 Å². The number of hydrogen-bond donors (Lipinski definition) is 2. The Morgan fingerprint density at radius 2 is 1.81 bits per heavy atom. The van der Waals surface area contributed by atoms with Gasteiger partial charge < -0.3 is 15.5 Å². The van der Waals surface area contributed by atoms with Gasteiger partial charge in [-0.3, -0.25) is 0 Å². The van der Waals surface area contributed by atoms with E-state index in [4.69, 9.17) is 0 Å². The van der Waals surface area contributed by atoms with E-state index in [0.29, 0.717) is 12.6 Å². The normalized spacial score (nSPS) is 24.5. The number of urea groups is 1. The third kappa shape index (κ3) is 3.19. The maximum atomic E-state index is 13.4. The van der Waals surface area contributed by atoms with Gasteiger partial charge in [-0.05, 0) is 55.1 Å². The molecule has 2 amide bonds. The maximum absolute atomic E-state index is 13.4. The fraction of sp³-hybridized carbons (Fsp3) is 0.381. The van der Waals surface area contributed by atoms with Gasteiger partial charge in [0.25, 0.3) is 0 Å². The lowest BCUT2D eigenvalue weighted by Crippen LogP contribution is -2.55. The number of amides is 2. The Kier molecular flexibility index (Phi) is 4.64. The minimum absolute atomic E-state index is 0.0339. The van der Waals surface area contributed by atoms with Crippen molar-refractivity contribution >= 4 is 6.03 Å². The lowest BCUT2D eigenvalue weighted by molar-refractivity contribution is 0.164. The zero-order chi connectivity index (χ0) is 18.1. The largest absolute Gasteiger partial charge is 0.335 e. The summed E-state index contributed by atoms with van der Waals surface area (Å²) in [4.78, 5) is 14.9. The third-order valence-corrected chi connectivity index (χ3v) is 5.60. The Balaban J connectivity index is 1.60. The van der Waals surface area contributed by atoms with E-state index in [-0.39, 0.29) is 23.9 Å². The topological polar surface area (TPSA) is 44.4 Å². The number of nitrogens with one attached hydrogen (secondary N) is 2. The Morgan fingerprint density at radius 3 is 2.54 bits per heavy atom. The minimum atomic E-state index is -0.263. The molecule has 0 unspecified atom stereocenters. The number of benzene rings is 2. The van der Waals surface area contributed by atoms with Crippen LogP contribution in [0, 0.1) is 5.82 Å². The Hall–Kier alpha value is -2.40. The van der Waals surface area contributed by atoms with Crippen molar-refractivity contribution in [1.29, 1.82) is 0 Å². The van der Waals surface area contributed by atoms with E-state index in [1.165, 1.54) is 17.7 Å². The number of rotatable bonds is 3. The molecule has 2 aliphatic rings. The predicted molar refractivity (Wildman–Crippen MR) is 99.5 cm³/mol. The van der Waals surface area contributed by atoms with Crippen molar-refractivity contribution in [1.82, 2.24) is 15.5 Å². The van der Waals surface area contributed by atoms with Gasteiger partial charge in [0.05, 0.1) is 6.04 Å². The summed E-state index contributed by atoms with van der Waals surface area (Å²) in [5.41, 5.74) is 3.32. The highest BCUT2D eigenvalue weighted by Crippen LogP contribution is 2.35. The average Bonchev–Trinajstić information content (AvgIpc) is 2.64. The van der Waals surface area contributed by atoms with Crippen LogP contribution in [0.3, 0.4) is 0 Å². The molecule has 26 heavy (non-hydrogen) atoms. The first kappa shape index (κ1) is 17.0. The molecule has 4 rings (SSSR count). The number of fused-ring (bicyclic) bond motifs is 1. The molecule has 2 N–H and O–H groups in total. The van der Waals surface area contributed by atoms with Crippen LogP contribution < -0.4 is 10.6 Å². The lowest BCUT2D eigenvalue weighted by Gasteiger charge is -2.41. The number of carbonyl (C=O) groups excluding carboxylic acids is 1. The van der Waals surface area contributed by atoms with Gasteiger partial charge in [-0.25, -0.2) is 9.18 Å². The molecule has 1 saturated carbocycles. The molecule has 1 fully saturated rings. The first-order valence-corrected chi connectivity index (χ1v) is 9.23. The smallest absolute Gasteiger partial charge is 0.318 e. The molecule has 0 spiro atoms. The van der Waals surface area contributed by atoms with Crippen LogP contribution in [0.15, 0.2) is 48.5 Å². The van der Waals surface area contributed by atoms with E-state index in [9.17, 15) is 9.18 Å². The van der Waals surface area contributed by atoms with Crippen LogP contribution in [0.1, 0.15) is 35.6 Å². The molecule has 2 aromatic carbocycles. The number of halogens is 1. The van der Waals surface area contributed by atoms with E-state index in [1.807, 2.05) is 24.1 Å². The summed E-state index contributed by atoms with van der Waals surface area (Å²) in [5, 5.41) is 6.40. The van der Waals surface area contributed by atoms with E-state index < -0.39 is 0 Å². The quantitative estimate of drug-likeness (QED) is 0.890. The third-order valence-electron chi connectivity index (χ3n) is 5.60. The van der Waals surface area contributed by atoms with Gasteiger partial charge in [-0.15, -0.1) is 0 Å². The van der Waals surface area contributed by atoms with Crippen LogP contribution in [0.5, 0.6) is 0 Å². The molecular formula is C21H24FN3O. The van der Waals surface area contributed by atoms with Crippen molar-refractivity contribution in [2.45, 2.75) is 37.4 Å². The minimum Gasteiger partial charge on any atom is -0.335 e. The second-order valence-corrected chi connectivity index (χ2v) is 7.20. The zero-order valence-corrected chi connectivity index (χ0v) is 14.9. The Labute approximate surface area is 153 Å². The summed E-state index contributed by atoms with van der Waals surface area (Å²) in [6.45, 7) is 0.660. The van der Waals surface area contributed by atoms with Crippen LogP contribution in [-0.4, -0.2) is 36.6 Å². The van der Waals surface area contributed by atoms with Crippen molar-refractivity contribution < 1.29 is 9.18 Å². The second-order valence-electron chi connectivity index (χ2n) is 7.20. The fourth-order valence-corrected chi connectivity index (χ4v) is 4.02. The van der Waals surface area contributed by atoms with Gasteiger partial charge in [0.15, 0.2) is 0 Å². The highest BCUT2D eigenvalue weighted by molar-refractivity contribution is 5.76. The zero-order valence-electron chi connectivity index (χ0n) is 14.9. The molecule has 4 nitrogen and oxygen atoms in total. The van der Waals surface area contributed by atoms with Crippen molar-refractivity contribution in [3.63, 3.8) is 0 Å². The molecule has 1 aliphatic heterocycles. The summed E-state index contributed by atoms with van der Waals surface area (Å²) in [6.07, 6.45) is 2.77. The van der Waals surface area contributed by atoms with Gasteiger partial charge >= 0.3 is 6.03 Å². The molecule has 136 valence electrons. The van der Waals surface area contributed by atoms with Crippen LogP contribution >= 0.6 is 0 Å². The molecule has 1 atom stereocenters. The van der Waals surface area contributed by atoms with Crippen LogP contribution in [0.25, 0.3) is 0 Å². The van der Waals surface area contributed by atoms with Crippen molar-refractivity contribution in [2.24, 2.45) is 0 Å². The molecule has 2 aromatic rings. The lowest BCUT2D eigenvalue weighted by atomic mass is 9.86. The highest BCUT2D eigenvalue weighted by Gasteiger charge is 2.35. The summed E-state index contributed by atoms with van der Waals surface area (Å²) >= 11 is 0. The van der Waals surface area contributed by atoms with E-state index in [1.54, 1.807) is 12.1 Å². The number of carbonyl (C=O) groups is 1. The standard InChI is InChI=1S/C21H24FN3O/c1-23-17-12-18(13-17)24-21(26)25-11-10-14-4-2-3-5-19(14)20(25)15-6-8-16(22)9-7-15/h2-9,17-18,20,23H,10-13H2,1H3,(H,24,26)/t17-,18-,20-/m0/s1. The van der Waals surface area contributed by atoms with Crippen molar-refractivity contribution in [2.75, 3.05) is 13.6 Å². The summed E-state index contributed by atoms with van der Waals surface area (Å²) in [6, 6.07) is 15.2. The Bertz CT molecular complexity index is 786. The van der Waals surface area contributed by atoms with Crippen LogP contribution in [0.2, 0.25) is 0 Å². The van der Waals surface area contributed by atoms with Crippen molar-refractivity contribution in [3.8, 4) is 0 Å². The number of hydrogen-bond acceptors (Lipinski definition) is 2. The number of nitrogens with zero attached hydrogens (tertiary/aromatic N) is 1. The SMILES string of the molecule is CN[C@H]1C[C@H](NC(=O)N2CCc3ccccc3[C@@H]2c2ccc(F)cc2)C1. The molecule has 0 aromatic heterocycles.